The van der Waals surface area contributed by atoms with E-state index >= 15 is 0 Å². The van der Waals surface area contributed by atoms with Crippen LogP contribution in [0.25, 0.3) is 0 Å². The number of piperidine rings is 1. The summed E-state index contributed by atoms with van der Waals surface area (Å²) in [5, 5.41) is 9.35. The summed E-state index contributed by atoms with van der Waals surface area (Å²) in [6, 6.07) is 7.17. The number of carbonyl (C=O) groups is 3. The molecule has 2 saturated heterocycles. The van der Waals surface area contributed by atoms with E-state index in [9.17, 15) is 19.5 Å². The first-order valence-corrected chi connectivity index (χ1v) is 9.34. The van der Waals surface area contributed by atoms with Gasteiger partial charge in [-0.25, -0.2) is 0 Å². The molecule has 3 rings (SSSR count). The Morgan fingerprint density at radius 2 is 1.96 bits per heavy atom. The van der Waals surface area contributed by atoms with Gasteiger partial charge in [-0.05, 0) is 37.5 Å². The van der Waals surface area contributed by atoms with Gasteiger partial charge in [0.1, 0.15) is 5.75 Å². The zero-order valence-electron chi connectivity index (χ0n) is 15.8. The molecule has 0 aliphatic carbocycles. The summed E-state index contributed by atoms with van der Waals surface area (Å²) in [4.78, 5) is 40.1. The van der Waals surface area contributed by atoms with Crippen molar-refractivity contribution >= 4 is 17.8 Å². The minimum atomic E-state index is -0.858. The topological polar surface area (TPSA) is 87.2 Å². The van der Waals surface area contributed by atoms with Crippen LogP contribution in [-0.4, -0.2) is 58.9 Å². The Labute approximate surface area is 158 Å². The Balaban J connectivity index is 1.63. The van der Waals surface area contributed by atoms with Gasteiger partial charge in [0, 0.05) is 32.1 Å². The third kappa shape index (κ3) is 4.07. The quantitative estimate of drug-likeness (QED) is 0.849. The molecular weight excluding hydrogens is 348 g/mol. The van der Waals surface area contributed by atoms with Gasteiger partial charge >= 0.3 is 5.97 Å². The summed E-state index contributed by atoms with van der Waals surface area (Å²) in [6.45, 7) is 3.19. The second-order valence-electron chi connectivity index (χ2n) is 7.38. The number of ether oxygens (including phenoxy) is 1. The maximum absolute atomic E-state index is 12.9. The minimum Gasteiger partial charge on any atom is -0.497 e. The molecule has 2 amide bonds. The lowest BCUT2D eigenvalue weighted by atomic mass is 9.89. The first-order valence-electron chi connectivity index (χ1n) is 9.34. The van der Waals surface area contributed by atoms with Crippen molar-refractivity contribution in [1.82, 2.24) is 9.80 Å². The highest BCUT2D eigenvalue weighted by Gasteiger charge is 2.41. The molecule has 7 heteroatoms. The molecule has 146 valence electrons. The van der Waals surface area contributed by atoms with E-state index in [4.69, 9.17) is 4.74 Å². The predicted molar refractivity (Wildman–Crippen MR) is 98.1 cm³/mol. The minimum absolute atomic E-state index is 0.0383. The van der Waals surface area contributed by atoms with Crippen LogP contribution in [0.5, 0.6) is 5.75 Å². The van der Waals surface area contributed by atoms with Crippen LogP contribution in [0.1, 0.15) is 31.7 Å². The Bertz CT molecular complexity index is 718. The van der Waals surface area contributed by atoms with Crippen LogP contribution in [0.2, 0.25) is 0 Å². The molecule has 0 bridgehead atoms. The van der Waals surface area contributed by atoms with Gasteiger partial charge in [0.05, 0.1) is 18.9 Å². The number of methoxy groups -OCH3 is 1. The van der Waals surface area contributed by atoms with Gasteiger partial charge < -0.3 is 19.6 Å². The highest BCUT2D eigenvalue weighted by Crippen LogP contribution is 2.29. The number of rotatable bonds is 5. The van der Waals surface area contributed by atoms with E-state index in [0.29, 0.717) is 32.5 Å². The molecule has 0 radical (unpaired) electrons. The lowest BCUT2D eigenvalue weighted by Crippen LogP contribution is -2.51. The number of carboxylic acid groups (broad SMARTS) is 1. The van der Waals surface area contributed by atoms with Crippen LogP contribution in [-0.2, 0) is 20.9 Å². The number of amides is 2. The predicted octanol–water partition coefficient (Wildman–Crippen LogP) is 1.76. The molecule has 3 atom stereocenters. The monoisotopic (exact) mass is 374 g/mol. The van der Waals surface area contributed by atoms with Crippen molar-refractivity contribution < 1.29 is 24.2 Å². The van der Waals surface area contributed by atoms with Gasteiger partial charge in [-0.2, -0.15) is 0 Å². The first-order chi connectivity index (χ1) is 12.9. The van der Waals surface area contributed by atoms with Crippen molar-refractivity contribution in [2.24, 2.45) is 11.8 Å². The van der Waals surface area contributed by atoms with Gasteiger partial charge in [-0.15, -0.1) is 0 Å². The number of carbonyl (C=O) groups excluding carboxylic acids is 2. The summed E-state index contributed by atoms with van der Waals surface area (Å²) in [5.41, 5.74) is 0.981. The number of hydrogen-bond donors (Lipinski definition) is 1. The molecule has 1 aromatic carbocycles. The second kappa shape index (κ2) is 7.98. The van der Waals surface area contributed by atoms with Crippen LogP contribution >= 0.6 is 0 Å². The van der Waals surface area contributed by atoms with E-state index in [-0.39, 0.29) is 24.3 Å². The molecule has 0 saturated carbocycles. The fourth-order valence-corrected chi connectivity index (χ4v) is 4.06. The molecule has 7 nitrogen and oxygen atoms in total. The van der Waals surface area contributed by atoms with Crippen LogP contribution in [0.15, 0.2) is 24.3 Å². The van der Waals surface area contributed by atoms with E-state index in [0.717, 1.165) is 11.3 Å². The average molecular weight is 374 g/mol. The Hall–Kier alpha value is -2.57. The Morgan fingerprint density at radius 1 is 1.26 bits per heavy atom. The molecule has 2 aliphatic heterocycles. The third-order valence-corrected chi connectivity index (χ3v) is 5.68. The van der Waals surface area contributed by atoms with E-state index < -0.39 is 17.8 Å². The number of aliphatic carboxylic acids is 1. The smallest absolute Gasteiger partial charge is 0.308 e. The van der Waals surface area contributed by atoms with Gasteiger partial charge in [-0.1, -0.05) is 12.1 Å². The fraction of sp³-hybridized carbons (Fsp3) is 0.550. The van der Waals surface area contributed by atoms with Gasteiger partial charge in [0.25, 0.3) is 0 Å². The van der Waals surface area contributed by atoms with Crippen LogP contribution in [0, 0.1) is 11.8 Å². The summed E-state index contributed by atoms with van der Waals surface area (Å²) in [6.07, 6.45) is 1.46. The number of benzene rings is 1. The zero-order valence-corrected chi connectivity index (χ0v) is 15.8. The number of nitrogens with zero attached hydrogens (tertiary/aromatic N) is 2. The maximum Gasteiger partial charge on any atom is 0.308 e. The van der Waals surface area contributed by atoms with Crippen molar-refractivity contribution in [1.29, 1.82) is 0 Å². The normalized spacial score (nSPS) is 25.6. The number of likely N-dealkylation sites (tertiary alicyclic amines) is 2. The van der Waals surface area contributed by atoms with Crippen LogP contribution < -0.4 is 4.74 Å². The molecule has 1 N–H and O–H groups in total. The molecular formula is C20H26N2O5. The van der Waals surface area contributed by atoms with Crippen molar-refractivity contribution in [2.75, 3.05) is 20.2 Å². The highest BCUT2D eigenvalue weighted by molar-refractivity contribution is 5.89. The van der Waals surface area contributed by atoms with Crippen LogP contribution in [0.3, 0.4) is 0 Å². The summed E-state index contributed by atoms with van der Waals surface area (Å²) >= 11 is 0. The fourth-order valence-electron chi connectivity index (χ4n) is 4.06. The molecule has 2 fully saturated rings. The summed E-state index contributed by atoms with van der Waals surface area (Å²) in [7, 11) is 1.60. The van der Waals surface area contributed by atoms with Crippen molar-refractivity contribution in [3.8, 4) is 5.75 Å². The lowest BCUT2D eigenvalue weighted by molar-refractivity contribution is -0.150. The third-order valence-electron chi connectivity index (χ3n) is 5.68. The Morgan fingerprint density at radius 3 is 2.59 bits per heavy atom. The van der Waals surface area contributed by atoms with E-state index in [1.54, 1.807) is 23.8 Å². The molecule has 1 unspecified atom stereocenters. The van der Waals surface area contributed by atoms with Gasteiger partial charge in [0.15, 0.2) is 0 Å². The van der Waals surface area contributed by atoms with E-state index in [2.05, 4.69) is 0 Å². The largest absolute Gasteiger partial charge is 0.497 e. The van der Waals surface area contributed by atoms with Crippen LogP contribution in [0.4, 0.5) is 0 Å². The van der Waals surface area contributed by atoms with Gasteiger partial charge in [0.2, 0.25) is 11.8 Å². The van der Waals surface area contributed by atoms with E-state index in [1.807, 2.05) is 24.3 Å². The average Bonchev–Trinajstić information content (AvgIpc) is 3.02. The molecule has 0 aromatic heterocycles. The second-order valence-corrected chi connectivity index (χ2v) is 7.38. The van der Waals surface area contributed by atoms with Gasteiger partial charge in [-0.3, -0.25) is 14.4 Å². The number of hydrogen-bond acceptors (Lipinski definition) is 4. The van der Waals surface area contributed by atoms with Crippen molar-refractivity contribution in [2.45, 2.75) is 38.8 Å². The Kier molecular flexibility index (Phi) is 5.68. The maximum atomic E-state index is 12.9. The molecule has 1 aromatic rings. The SMILES string of the molecule is COc1ccc(CN2CC(C(=O)N3CCC[C@H](C(=O)O)[C@@H]3C)CC2=O)cc1. The zero-order chi connectivity index (χ0) is 19.6. The van der Waals surface area contributed by atoms with Crippen molar-refractivity contribution in [3.05, 3.63) is 29.8 Å². The standard InChI is InChI=1S/C20H26N2O5/c1-13-17(20(25)26)4-3-9-22(13)19(24)15-10-18(23)21(12-15)11-14-5-7-16(27-2)8-6-14/h5-8,13,15,17H,3-4,9-12H2,1-2H3,(H,25,26)/t13-,15?,17-/m0/s1. The number of carboxylic acids is 1. The van der Waals surface area contributed by atoms with E-state index in [1.165, 1.54) is 0 Å². The summed E-state index contributed by atoms with van der Waals surface area (Å²) in [5.74, 6) is -1.17. The lowest BCUT2D eigenvalue weighted by Gasteiger charge is -2.38. The van der Waals surface area contributed by atoms with Crippen molar-refractivity contribution in [3.63, 3.8) is 0 Å². The molecule has 2 heterocycles. The molecule has 2 aliphatic rings. The molecule has 0 spiro atoms. The highest BCUT2D eigenvalue weighted by atomic mass is 16.5. The summed E-state index contributed by atoms with van der Waals surface area (Å²) < 4.78 is 5.14. The first kappa shape index (κ1) is 19.2. The molecule has 27 heavy (non-hydrogen) atoms.